The fourth-order valence-electron chi connectivity index (χ4n) is 3.47. The molecule has 0 saturated heterocycles. The molecule has 0 aliphatic heterocycles. The minimum absolute atomic E-state index is 0.0150. The minimum Gasteiger partial charge on any atom is -0.480 e. The van der Waals surface area contributed by atoms with E-state index in [1.165, 1.54) is 18.2 Å². The predicted molar refractivity (Wildman–Crippen MR) is 128 cm³/mol. The van der Waals surface area contributed by atoms with Gasteiger partial charge >= 0.3 is 5.97 Å². The molecule has 2 N–H and O–H groups in total. The maximum absolute atomic E-state index is 14.6. The summed E-state index contributed by atoms with van der Waals surface area (Å²) >= 11 is 0.928. The van der Waals surface area contributed by atoms with Crippen molar-refractivity contribution in [1.29, 1.82) is 0 Å². The number of aromatic nitrogens is 2. The molecule has 9 heteroatoms. The summed E-state index contributed by atoms with van der Waals surface area (Å²) in [6, 6.07) is 20.3. The Balaban J connectivity index is 1.60. The zero-order valence-electron chi connectivity index (χ0n) is 17.8. The number of rotatable bonds is 8. The number of hydrogen-bond donors (Lipinski definition) is 2. The second-order valence-corrected chi connectivity index (χ2v) is 8.38. The molecule has 0 unspecified atom stereocenters. The highest BCUT2D eigenvalue weighted by Crippen LogP contribution is 2.22. The van der Waals surface area contributed by atoms with E-state index in [4.69, 9.17) is 0 Å². The molecule has 1 aromatic heterocycles. The second kappa shape index (κ2) is 10.3. The van der Waals surface area contributed by atoms with Crippen LogP contribution >= 0.6 is 11.8 Å². The monoisotopic (exact) mass is 477 g/mol. The third-order valence-electron chi connectivity index (χ3n) is 5.09. The molecule has 0 aliphatic rings. The Bertz CT molecular complexity index is 1410. The molecule has 3 aromatic carbocycles. The fraction of sp³-hybridized carbons (Fsp3) is 0.120. The normalized spacial score (nSPS) is 11.8. The molecule has 4 aromatic rings. The van der Waals surface area contributed by atoms with Crippen molar-refractivity contribution in [2.45, 2.75) is 17.6 Å². The summed E-state index contributed by atoms with van der Waals surface area (Å²) < 4.78 is 15.7. The van der Waals surface area contributed by atoms with Crippen LogP contribution in [0.5, 0.6) is 0 Å². The minimum atomic E-state index is -1.16. The number of carboxylic acids is 1. The number of thioether (sulfide) groups is 1. The number of halogens is 1. The summed E-state index contributed by atoms with van der Waals surface area (Å²) in [4.78, 5) is 41.9. The number of fused-ring (bicyclic) bond motifs is 1. The van der Waals surface area contributed by atoms with Crippen LogP contribution in [0.2, 0.25) is 0 Å². The third-order valence-corrected chi connectivity index (χ3v) is 6.03. The lowest BCUT2D eigenvalue weighted by Crippen LogP contribution is -2.43. The summed E-state index contributed by atoms with van der Waals surface area (Å²) in [5.74, 6) is -2.52. The Hall–Kier alpha value is -3.98. The summed E-state index contributed by atoms with van der Waals surface area (Å²) in [6.07, 6.45) is 0.126. The van der Waals surface area contributed by atoms with Crippen LogP contribution < -0.4 is 10.9 Å². The number of aliphatic carboxylic acids is 1. The maximum atomic E-state index is 14.6. The highest BCUT2D eigenvalue weighted by Gasteiger charge is 2.22. The molecule has 34 heavy (non-hydrogen) atoms. The van der Waals surface area contributed by atoms with Crippen molar-refractivity contribution in [1.82, 2.24) is 14.9 Å². The predicted octanol–water partition coefficient (Wildman–Crippen LogP) is 3.43. The van der Waals surface area contributed by atoms with Gasteiger partial charge in [0.25, 0.3) is 5.56 Å². The Labute approximate surface area is 198 Å². The van der Waals surface area contributed by atoms with E-state index in [1.54, 1.807) is 54.6 Å². The van der Waals surface area contributed by atoms with Crippen LogP contribution in [-0.4, -0.2) is 38.3 Å². The van der Waals surface area contributed by atoms with Crippen LogP contribution in [0, 0.1) is 5.82 Å². The van der Waals surface area contributed by atoms with Crippen molar-refractivity contribution in [2.75, 3.05) is 5.75 Å². The van der Waals surface area contributed by atoms with Crippen molar-refractivity contribution in [3.8, 4) is 5.69 Å². The molecule has 1 heterocycles. The van der Waals surface area contributed by atoms with Gasteiger partial charge in [-0.3, -0.25) is 14.2 Å². The summed E-state index contributed by atoms with van der Waals surface area (Å²) in [7, 11) is 0. The van der Waals surface area contributed by atoms with Crippen LogP contribution in [0.15, 0.2) is 88.8 Å². The Morgan fingerprint density at radius 3 is 2.41 bits per heavy atom. The maximum Gasteiger partial charge on any atom is 0.326 e. The van der Waals surface area contributed by atoms with Gasteiger partial charge in [0.15, 0.2) is 5.16 Å². The number of carbonyl (C=O) groups excluding carboxylic acids is 1. The lowest BCUT2D eigenvalue weighted by atomic mass is 10.1. The number of carboxylic acid groups (broad SMARTS) is 1. The van der Waals surface area contributed by atoms with Gasteiger partial charge in [0, 0.05) is 6.42 Å². The molecule has 172 valence electrons. The first-order valence-corrected chi connectivity index (χ1v) is 11.4. The van der Waals surface area contributed by atoms with E-state index in [0.29, 0.717) is 10.9 Å². The molecule has 0 aliphatic carbocycles. The van der Waals surface area contributed by atoms with Crippen molar-refractivity contribution in [3.63, 3.8) is 0 Å². The quantitative estimate of drug-likeness (QED) is 0.298. The average molecular weight is 478 g/mol. The van der Waals surface area contributed by atoms with E-state index in [9.17, 15) is 23.9 Å². The molecule has 7 nitrogen and oxygen atoms in total. The highest BCUT2D eigenvalue weighted by molar-refractivity contribution is 7.99. The third kappa shape index (κ3) is 5.15. The van der Waals surface area contributed by atoms with Crippen LogP contribution in [0.3, 0.4) is 0 Å². The molecule has 1 atom stereocenters. The lowest BCUT2D eigenvalue weighted by Gasteiger charge is -2.16. The summed E-state index contributed by atoms with van der Waals surface area (Å²) in [5.41, 5.74) is 0.732. The molecule has 0 saturated carbocycles. The van der Waals surface area contributed by atoms with E-state index < -0.39 is 29.3 Å². The molecule has 4 rings (SSSR count). The Morgan fingerprint density at radius 2 is 1.68 bits per heavy atom. The number of amides is 1. The highest BCUT2D eigenvalue weighted by atomic mass is 32.2. The van der Waals surface area contributed by atoms with Gasteiger partial charge < -0.3 is 10.4 Å². The fourth-order valence-corrected chi connectivity index (χ4v) is 4.29. The Morgan fingerprint density at radius 1 is 1.00 bits per heavy atom. The SMILES string of the molecule is O=C(CSc1nc2ccccc2c(=O)n1-c1ccccc1F)N[C@@H](Cc1ccccc1)C(=O)O. The van der Waals surface area contributed by atoms with Crippen LogP contribution in [-0.2, 0) is 16.0 Å². The van der Waals surface area contributed by atoms with E-state index in [2.05, 4.69) is 10.3 Å². The van der Waals surface area contributed by atoms with Crippen LogP contribution in [0.4, 0.5) is 4.39 Å². The number of nitrogens with zero attached hydrogens (tertiary/aromatic N) is 2. The second-order valence-electron chi connectivity index (χ2n) is 7.44. The van der Waals surface area contributed by atoms with Gasteiger partial charge in [0.1, 0.15) is 11.9 Å². The zero-order chi connectivity index (χ0) is 24.1. The number of benzene rings is 3. The van der Waals surface area contributed by atoms with E-state index in [-0.39, 0.29) is 23.0 Å². The van der Waals surface area contributed by atoms with Crippen LogP contribution in [0.1, 0.15) is 5.56 Å². The van der Waals surface area contributed by atoms with Gasteiger partial charge in [-0.25, -0.2) is 14.2 Å². The zero-order valence-corrected chi connectivity index (χ0v) is 18.7. The first-order chi connectivity index (χ1) is 16.4. The number of carbonyl (C=O) groups is 2. The topological polar surface area (TPSA) is 101 Å². The molecule has 0 spiro atoms. The van der Waals surface area contributed by atoms with Gasteiger partial charge in [-0.15, -0.1) is 0 Å². The van der Waals surface area contributed by atoms with Crippen molar-refractivity contribution in [3.05, 3.63) is 101 Å². The smallest absolute Gasteiger partial charge is 0.326 e. The summed E-state index contributed by atoms with van der Waals surface area (Å²) in [6.45, 7) is 0. The number of nitrogens with one attached hydrogen (secondary N) is 1. The van der Waals surface area contributed by atoms with Gasteiger partial charge in [-0.05, 0) is 29.8 Å². The molecule has 1 amide bonds. The van der Waals surface area contributed by atoms with Gasteiger partial charge in [0.2, 0.25) is 5.91 Å². The molecule has 0 radical (unpaired) electrons. The van der Waals surface area contributed by atoms with Gasteiger partial charge in [-0.1, -0.05) is 66.4 Å². The number of para-hydroxylation sites is 2. The van der Waals surface area contributed by atoms with E-state index in [1.807, 2.05) is 6.07 Å². The molecular weight excluding hydrogens is 457 g/mol. The number of hydrogen-bond acceptors (Lipinski definition) is 5. The van der Waals surface area contributed by atoms with E-state index >= 15 is 0 Å². The molecule has 0 bridgehead atoms. The van der Waals surface area contributed by atoms with Crippen molar-refractivity contribution in [2.24, 2.45) is 0 Å². The average Bonchev–Trinajstić information content (AvgIpc) is 2.84. The van der Waals surface area contributed by atoms with Gasteiger partial charge in [-0.2, -0.15) is 0 Å². The van der Waals surface area contributed by atoms with Crippen molar-refractivity contribution >= 4 is 34.5 Å². The Kier molecular flexibility index (Phi) is 7.03. The first-order valence-electron chi connectivity index (χ1n) is 10.4. The van der Waals surface area contributed by atoms with Gasteiger partial charge in [0.05, 0.1) is 22.3 Å². The van der Waals surface area contributed by atoms with Crippen molar-refractivity contribution < 1.29 is 19.1 Å². The largest absolute Gasteiger partial charge is 0.480 e. The molecule has 0 fully saturated rings. The van der Waals surface area contributed by atoms with E-state index in [0.717, 1.165) is 21.9 Å². The first kappa shape index (κ1) is 23.2. The standard InChI is InChI=1S/C25H20FN3O4S/c26-18-11-5-7-13-21(18)29-23(31)17-10-4-6-12-19(17)28-25(29)34-15-22(30)27-20(24(32)33)14-16-8-2-1-3-9-16/h1-13,20H,14-15H2,(H,27,30)(H,32,33)/t20-/m0/s1. The summed E-state index contributed by atoms with van der Waals surface area (Å²) in [5, 5.41) is 12.5. The van der Waals surface area contributed by atoms with Crippen LogP contribution in [0.25, 0.3) is 16.6 Å². The molecular formula is C25H20FN3O4S. The lowest BCUT2D eigenvalue weighted by molar-refractivity contribution is -0.141.